The molecule has 0 saturated heterocycles. The van der Waals surface area contributed by atoms with Crippen LogP contribution in [0, 0.1) is 0 Å². The minimum atomic E-state index is -1.01. The fourth-order valence-electron chi connectivity index (χ4n) is 1.82. The van der Waals surface area contributed by atoms with Gasteiger partial charge in [0.2, 0.25) is 0 Å². The van der Waals surface area contributed by atoms with E-state index in [9.17, 15) is 4.79 Å². The second kappa shape index (κ2) is 3.88. The Balaban J connectivity index is 0.00000108. The van der Waals surface area contributed by atoms with Gasteiger partial charge < -0.3 is 10.6 Å². The van der Waals surface area contributed by atoms with Gasteiger partial charge in [0, 0.05) is 6.20 Å². The SMILES string of the molecule is O.O=C(O)c1cn2c(ccc3ccccc32)n1. The van der Waals surface area contributed by atoms with Crippen LogP contribution in [0.1, 0.15) is 10.5 Å². The number of fused-ring (bicyclic) bond motifs is 3. The molecule has 0 unspecified atom stereocenters. The molecule has 0 amide bonds. The van der Waals surface area contributed by atoms with Crippen molar-refractivity contribution in [2.45, 2.75) is 0 Å². The number of para-hydroxylation sites is 1. The van der Waals surface area contributed by atoms with Crippen molar-refractivity contribution < 1.29 is 15.4 Å². The van der Waals surface area contributed by atoms with E-state index in [0.717, 1.165) is 10.9 Å². The highest BCUT2D eigenvalue weighted by Gasteiger charge is 2.09. The minimum absolute atomic E-state index is 0. The maximum absolute atomic E-state index is 10.8. The fraction of sp³-hybridized carbons (Fsp3) is 0. The lowest BCUT2D eigenvalue weighted by Crippen LogP contribution is -1.94. The molecule has 3 aromatic rings. The summed E-state index contributed by atoms with van der Waals surface area (Å²) in [6.07, 6.45) is 1.54. The Morgan fingerprint density at radius 1 is 1.18 bits per heavy atom. The fourth-order valence-corrected chi connectivity index (χ4v) is 1.82. The third-order valence-corrected chi connectivity index (χ3v) is 2.56. The van der Waals surface area contributed by atoms with E-state index >= 15 is 0 Å². The zero-order chi connectivity index (χ0) is 11.1. The monoisotopic (exact) mass is 230 g/mol. The summed E-state index contributed by atoms with van der Waals surface area (Å²) in [6.45, 7) is 0. The van der Waals surface area contributed by atoms with Gasteiger partial charge in [0.25, 0.3) is 0 Å². The Bertz CT molecular complexity index is 703. The highest BCUT2D eigenvalue weighted by atomic mass is 16.4. The highest BCUT2D eigenvalue weighted by Crippen LogP contribution is 2.17. The van der Waals surface area contributed by atoms with E-state index < -0.39 is 5.97 Å². The second-order valence-corrected chi connectivity index (χ2v) is 3.55. The molecule has 2 aromatic heterocycles. The number of carboxylic acids is 1. The molecular formula is C12H10N2O3. The smallest absolute Gasteiger partial charge is 0.356 e. The molecule has 86 valence electrons. The number of rotatable bonds is 1. The Hall–Kier alpha value is -2.40. The Morgan fingerprint density at radius 2 is 1.94 bits per heavy atom. The topological polar surface area (TPSA) is 86.1 Å². The zero-order valence-electron chi connectivity index (χ0n) is 8.79. The van der Waals surface area contributed by atoms with E-state index in [1.165, 1.54) is 0 Å². The first kappa shape index (κ1) is 11.1. The van der Waals surface area contributed by atoms with Crippen molar-refractivity contribution in [3.8, 4) is 0 Å². The summed E-state index contributed by atoms with van der Waals surface area (Å²) in [5, 5.41) is 9.94. The number of carboxylic acid groups (broad SMARTS) is 1. The van der Waals surface area contributed by atoms with Gasteiger partial charge in [-0.15, -0.1) is 0 Å². The standard InChI is InChI=1S/C12H8N2O2.H2O/c15-12(16)9-7-14-10-4-2-1-3-8(10)5-6-11(14)13-9;/h1-7H,(H,15,16);1H2. The summed E-state index contributed by atoms with van der Waals surface area (Å²) in [5.41, 5.74) is 1.67. The molecule has 0 aliphatic heterocycles. The third kappa shape index (κ3) is 1.62. The van der Waals surface area contributed by atoms with E-state index in [-0.39, 0.29) is 11.2 Å². The Kier molecular flexibility index (Phi) is 2.53. The van der Waals surface area contributed by atoms with Crippen LogP contribution in [0.4, 0.5) is 0 Å². The molecule has 0 radical (unpaired) electrons. The molecule has 2 heterocycles. The molecule has 0 bridgehead atoms. The lowest BCUT2D eigenvalue weighted by Gasteiger charge is -1.99. The molecule has 3 rings (SSSR count). The van der Waals surface area contributed by atoms with E-state index in [1.807, 2.05) is 36.4 Å². The van der Waals surface area contributed by atoms with Gasteiger partial charge in [-0.25, -0.2) is 9.78 Å². The van der Waals surface area contributed by atoms with Gasteiger partial charge in [-0.3, -0.25) is 4.40 Å². The Morgan fingerprint density at radius 3 is 2.71 bits per heavy atom. The second-order valence-electron chi connectivity index (χ2n) is 3.55. The van der Waals surface area contributed by atoms with Crippen LogP contribution in [0.3, 0.4) is 0 Å². The Labute approximate surface area is 96.3 Å². The summed E-state index contributed by atoms with van der Waals surface area (Å²) in [6, 6.07) is 11.5. The lowest BCUT2D eigenvalue weighted by atomic mass is 10.2. The number of hydrogen-bond acceptors (Lipinski definition) is 2. The average molecular weight is 230 g/mol. The molecular weight excluding hydrogens is 220 g/mol. The number of carbonyl (C=O) groups is 1. The first-order chi connectivity index (χ1) is 7.75. The van der Waals surface area contributed by atoms with Gasteiger partial charge in [0.05, 0.1) is 5.52 Å². The molecule has 0 aliphatic rings. The van der Waals surface area contributed by atoms with Crippen molar-refractivity contribution in [3.63, 3.8) is 0 Å². The molecule has 5 heteroatoms. The number of benzene rings is 1. The summed E-state index contributed by atoms with van der Waals surface area (Å²) >= 11 is 0. The van der Waals surface area contributed by atoms with Crippen molar-refractivity contribution in [1.82, 2.24) is 9.38 Å². The van der Waals surface area contributed by atoms with Crippen molar-refractivity contribution in [2.24, 2.45) is 0 Å². The number of aromatic carboxylic acids is 1. The summed E-state index contributed by atoms with van der Waals surface area (Å²) in [5.74, 6) is -1.01. The van der Waals surface area contributed by atoms with Crippen molar-refractivity contribution in [3.05, 3.63) is 48.3 Å². The summed E-state index contributed by atoms with van der Waals surface area (Å²) in [4.78, 5) is 14.9. The van der Waals surface area contributed by atoms with Crippen molar-refractivity contribution in [1.29, 1.82) is 0 Å². The summed E-state index contributed by atoms with van der Waals surface area (Å²) in [7, 11) is 0. The van der Waals surface area contributed by atoms with Crippen LogP contribution >= 0.6 is 0 Å². The molecule has 0 aliphatic carbocycles. The molecule has 0 saturated carbocycles. The van der Waals surface area contributed by atoms with E-state index in [1.54, 1.807) is 10.6 Å². The number of hydrogen-bond donors (Lipinski definition) is 1. The number of pyridine rings is 1. The number of aromatic nitrogens is 2. The minimum Gasteiger partial charge on any atom is -0.476 e. The normalized spacial score (nSPS) is 10.4. The quantitative estimate of drug-likeness (QED) is 0.684. The maximum atomic E-state index is 10.8. The lowest BCUT2D eigenvalue weighted by molar-refractivity contribution is 0.0691. The molecule has 3 N–H and O–H groups in total. The molecule has 0 fully saturated rings. The van der Waals surface area contributed by atoms with Crippen molar-refractivity contribution >= 4 is 22.5 Å². The van der Waals surface area contributed by atoms with Crippen LogP contribution in [0.5, 0.6) is 0 Å². The van der Waals surface area contributed by atoms with Crippen LogP contribution in [0.25, 0.3) is 16.6 Å². The maximum Gasteiger partial charge on any atom is 0.356 e. The van der Waals surface area contributed by atoms with Gasteiger partial charge in [-0.05, 0) is 23.6 Å². The van der Waals surface area contributed by atoms with E-state index in [2.05, 4.69) is 4.98 Å². The first-order valence-corrected chi connectivity index (χ1v) is 4.86. The van der Waals surface area contributed by atoms with Crippen LogP contribution in [0.2, 0.25) is 0 Å². The number of imidazole rings is 1. The molecule has 0 spiro atoms. The predicted octanol–water partition coefficient (Wildman–Crippen LogP) is 1.36. The van der Waals surface area contributed by atoms with Crippen LogP contribution in [0.15, 0.2) is 42.6 Å². The average Bonchev–Trinajstić information content (AvgIpc) is 2.73. The van der Waals surface area contributed by atoms with Crippen molar-refractivity contribution in [2.75, 3.05) is 0 Å². The van der Waals surface area contributed by atoms with Gasteiger partial charge in [-0.1, -0.05) is 18.2 Å². The number of nitrogens with zero attached hydrogens (tertiary/aromatic N) is 2. The molecule has 1 aromatic carbocycles. The van der Waals surface area contributed by atoms with Gasteiger partial charge in [0.15, 0.2) is 5.69 Å². The van der Waals surface area contributed by atoms with Gasteiger partial charge in [-0.2, -0.15) is 0 Å². The van der Waals surface area contributed by atoms with Crippen LogP contribution in [-0.2, 0) is 0 Å². The largest absolute Gasteiger partial charge is 0.476 e. The molecule has 5 nitrogen and oxygen atoms in total. The third-order valence-electron chi connectivity index (χ3n) is 2.56. The zero-order valence-corrected chi connectivity index (χ0v) is 8.79. The van der Waals surface area contributed by atoms with Crippen LogP contribution in [-0.4, -0.2) is 25.9 Å². The van der Waals surface area contributed by atoms with Gasteiger partial charge >= 0.3 is 5.97 Å². The predicted molar refractivity (Wildman–Crippen MR) is 63.3 cm³/mol. The highest BCUT2D eigenvalue weighted by molar-refractivity contribution is 5.88. The van der Waals surface area contributed by atoms with Gasteiger partial charge in [0.1, 0.15) is 5.65 Å². The summed E-state index contributed by atoms with van der Waals surface area (Å²) < 4.78 is 1.79. The van der Waals surface area contributed by atoms with E-state index in [4.69, 9.17) is 5.11 Å². The van der Waals surface area contributed by atoms with Crippen LogP contribution < -0.4 is 0 Å². The molecule has 0 atom stereocenters. The first-order valence-electron chi connectivity index (χ1n) is 4.86. The molecule has 17 heavy (non-hydrogen) atoms. The van der Waals surface area contributed by atoms with E-state index in [0.29, 0.717) is 5.65 Å².